The maximum Gasteiger partial charge on any atom is 0.416 e. The molecule has 0 aliphatic heterocycles. The third kappa shape index (κ3) is 5.58. The van der Waals surface area contributed by atoms with E-state index in [4.69, 9.17) is 0 Å². The Labute approximate surface area is 267 Å². The Morgan fingerprint density at radius 1 is 0.833 bits per heavy atom. The fraction of sp³-hybridized carbons (Fsp3) is 0.242. The summed E-state index contributed by atoms with van der Waals surface area (Å²) >= 11 is 0. The molecule has 0 amide bonds. The quantitative estimate of drug-likeness (QED) is 0.181. The second kappa shape index (κ2) is 11.3. The van der Waals surface area contributed by atoms with Gasteiger partial charge in [-0.25, -0.2) is 19.4 Å². The highest BCUT2D eigenvalue weighted by atomic mass is 19.4. The molecule has 0 atom stereocenters. The van der Waals surface area contributed by atoms with Gasteiger partial charge in [-0.2, -0.15) is 31.4 Å². The first-order valence-corrected chi connectivity index (χ1v) is 15.0. The maximum atomic E-state index is 13.3. The lowest BCUT2D eigenvalue weighted by molar-refractivity contribution is -0.138. The van der Waals surface area contributed by atoms with E-state index in [2.05, 4.69) is 20.1 Å². The van der Waals surface area contributed by atoms with Gasteiger partial charge in [-0.05, 0) is 61.7 Å². The van der Waals surface area contributed by atoms with Crippen LogP contribution in [0.15, 0.2) is 82.5 Å². The van der Waals surface area contributed by atoms with Crippen LogP contribution in [-0.4, -0.2) is 33.9 Å². The first-order chi connectivity index (χ1) is 22.8. The van der Waals surface area contributed by atoms with Crippen LogP contribution in [0, 0.1) is 0 Å². The Kier molecular flexibility index (Phi) is 7.36. The van der Waals surface area contributed by atoms with Gasteiger partial charge in [0.1, 0.15) is 11.3 Å². The van der Waals surface area contributed by atoms with Crippen molar-refractivity contribution in [2.24, 2.45) is 0 Å². The molecule has 0 radical (unpaired) electrons. The van der Waals surface area contributed by atoms with E-state index < -0.39 is 34.7 Å². The normalized spacial score (nSPS) is 13.8. The number of aryl methyl sites for hydroxylation is 1. The van der Waals surface area contributed by atoms with Crippen molar-refractivity contribution in [3.8, 4) is 39.7 Å². The molecule has 15 heteroatoms. The second-order valence-electron chi connectivity index (χ2n) is 11.5. The number of rotatable bonds is 7. The number of benzene rings is 2. The van der Waals surface area contributed by atoms with Crippen LogP contribution >= 0.6 is 0 Å². The maximum absolute atomic E-state index is 13.3. The molecule has 48 heavy (non-hydrogen) atoms. The van der Waals surface area contributed by atoms with E-state index in [9.17, 15) is 35.9 Å². The number of nitrogens with one attached hydrogen (secondary N) is 1. The number of imidazole rings is 1. The summed E-state index contributed by atoms with van der Waals surface area (Å²) in [6.45, 7) is 2.29. The van der Waals surface area contributed by atoms with Crippen LogP contribution in [0.25, 0.3) is 50.9 Å². The minimum absolute atomic E-state index is 0.134. The molecule has 1 aliphatic rings. The lowest BCUT2D eigenvalue weighted by Gasteiger charge is -2.10. The van der Waals surface area contributed by atoms with Gasteiger partial charge in [0.25, 0.3) is 5.56 Å². The van der Waals surface area contributed by atoms with E-state index in [1.54, 1.807) is 18.2 Å². The molecule has 2 aromatic carbocycles. The van der Waals surface area contributed by atoms with Crippen molar-refractivity contribution in [2.45, 2.75) is 51.1 Å². The Morgan fingerprint density at radius 2 is 1.44 bits per heavy atom. The number of fused-ring (bicyclic) bond motifs is 1. The number of hydrogen-bond donors (Lipinski definition) is 1. The van der Waals surface area contributed by atoms with Gasteiger partial charge in [0.15, 0.2) is 11.5 Å². The molecule has 1 saturated carbocycles. The van der Waals surface area contributed by atoms with Gasteiger partial charge in [0.05, 0.1) is 22.5 Å². The third-order valence-electron chi connectivity index (χ3n) is 8.13. The smallest absolute Gasteiger partial charge is 0.332 e. The van der Waals surface area contributed by atoms with Crippen LogP contribution < -0.4 is 11.2 Å². The predicted molar refractivity (Wildman–Crippen MR) is 164 cm³/mol. The van der Waals surface area contributed by atoms with Crippen molar-refractivity contribution in [1.82, 2.24) is 33.9 Å². The van der Waals surface area contributed by atoms with Gasteiger partial charge in [0, 0.05) is 35.5 Å². The average molecular weight is 666 g/mol. The summed E-state index contributed by atoms with van der Waals surface area (Å²) in [7, 11) is 0. The lowest BCUT2D eigenvalue weighted by Crippen LogP contribution is -2.39. The lowest BCUT2D eigenvalue weighted by atomic mass is 10.1. The molecule has 1 fully saturated rings. The summed E-state index contributed by atoms with van der Waals surface area (Å²) in [4.78, 5) is 38.5. The van der Waals surface area contributed by atoms with E-state index in [-0.39, 0.29) is 28.7 Å². The van der Waals surface area contributed by atoms with E-state index >= 15 is 0 Å². The summed E-state index contributed by atoms with van der Waals surface area (Å²) in [6.07, 6.45) is -5.46. The summed E-state index contributed by atoms with van der Waals surface area (Å²) in [5, 5.41) is 4.56. The summed E-state index contributed by atoms with van der Waals surface area (Å²) in [5.74, 6) is 0.551. The number of nitrogens with zero attached hydrogens (tertiary/aromatic N) is 6. The van der Waals surface area contributed by atoms with Crippen LogP contribution in [0.4, 0.5) is 26.3 Å². The highest BCUT2D eigenvalue weighted by molar-refractivity contribution is 5.76. The molecule has 0 unspecified atom stereocenters. The van der Waals surface area contributed by atoms with Crippen molar-refractivity contribution in [3.05, 3.63) is 105 Å². The molecule has 7 rings (SSSR count). The minimum Gasteiger partial charge on any atom is -0.332 e. The topological polar surface area (TPSA) is 103 Å². The molecule has 1 aliphatic carbocycles. The molecule has 6 aromatic rings. The number of pyridine rings is 1. The molecule has 4 aromatic heterocycles. The van der Waals surface area contributed by atoms with Crippen molar-refractivity contribution < 1.29 is 26.3 Å². The van der Waals surface area contributed by atoms with E-state index in [1.807, 2.05) is 6.92 Å². The van der Waals surface area contributed by atoms with Crippen molar-refractivity contribution in [1.29, 1.82) is 0 Å². The van der Waals surface area contributed by atoms with Crippen molar-refractivity contribution in [3.63, 3.8) is 0 Å². The molecular weight excluding hydrogens is 640 g/mol. The third-order valence-corrected chi connectivity index (χ3v) is 8.13. The first-order valence-electron chi connectivity index (χ1n) is 15.0. The van der Waals surface area contributed by atoms with Crippen LogP contribution in [0.1, 0.15) is 43.4 Å². The molecule has 246 valence electrons. The predicted octanol–water partition coefficient (Wildman–Crippen LogP) is 7.25. The number of hydrogen-bond acceptors (Lipinski definition) is 5. The molecule has 0 saturated heterocycles. The number of halogens is 6. The molecule has 9 nitrogen and oxygen atoms in total. The van der Waals surface area contributed by atoms with Crippen molar-refractivity contribution in [2.75, 3.05) is 0 Å². The van der Waals surface area contributed by atoms with Gasteiger partial charge in [-0.1, -0.05) is 31.2 Å². The first kappa shape index (κ1) is 31.1. The number of H-pyrrole nitrogens is 1. The number of alkyl halides is 6. The van der Waals surface area contributed by atoms with Gasteiger partial charge < -0.3 is 4.98 Å². The standard InChI is InChI=1S/C33H25F6N7O2/c1-2-15-44-29-27(30(47)45(31(44)48)23-12-13-23)41-28(42-29)20-7-14-26(40-17-20)46-25(19-5-10-22(11-6-19)33(37,38)39)16-24(43-46)18-3-8-21(9-4-18)32(34,35)36/h3-11,14,16-17,23H,2,12-13,15H2,1H3,(H,41,42). The van der Waals surface area contributed by atoms with Crippen LogP contribution in [-0.2, 0) is 18.9 Å². The molecule has 0 spiro atoms. The zero-order chi connectivity index (χ0) is 34.0. The van der Waals surface area contributed by atoms with E-state index in [0.717, 1.165) is 37.1 Å². The molecule has 4 heterocycles. The Bertz CT molecular complexity index is 2260. The van der Waals surface area contributed by atoms with E-state index in [1.165, 1.54) is 44.3 Å². The van der Waals surface area contributed by atoms with Crippen molar-refractivity contribution >= 4 is 11.2 Å². The monoisotopic (exact) mass is 665 g/mol. The number of aromatic nitrogens is 7. The zero-order valence-corrected chi connectivity index (χ0v) is 25.1. The fourth-order valence-electron chi connectivity index (χ4n) is 5.57. The van der Waals surface area contributed by atoms with E-state index in [0.29, 0.717) is 41.2 Å². The highest BCUT2D eigenvalue weighted by Crippen LogP contribution is 2.35. The summed E-state index contributed by atoms with van der Waals surface area (Å²) in [5.41, 5.74) is -0.294. The van der Waals surface area contributed by atoms with Crippen LogP contribution in [0.3, 0.4) is 0 Å². The molecule has 1 N–H and O–H groups in total. The Morgan fingerprint density at radius 3 is 1.98 bits per heavy atom. The zero-order valence-electron chi connectivity index (χ0n) is 25.1. The molecule has 0 bridgehead atoms. The van der Waals surface area contributed by atoms with Crippen LogP contribution in [0.2, 0.25) is 0 Å². The van der Waals surface area contributed by atoms with Gasteiger partial charge in [-0.15, -0.1) is 0 Å². The average Bonchev–Trinajstić information content (AvgIpc) is 3.62. The largest absolute Gasteiger partial charge is 0.416 e. The fourth-order valence-corrected chi connectivity index (χ4v) is 5.57. The Balaban J connectivity index is 1.30. The van der Waals surface area contributed by atoms with Crippen LogP contribution in [0.5, 0.6) is 0 Å². The summed E-state index contributed by atoms with van der Waals surface area (Å²) < 4.78 is 83.4. The SMILES string of the molecule is CCCn1c(=O)n(C2CC2)c(=O)c2[nH]c(-c3ccc(-n4nc(-c5ccc(C(F)(F)F)cc5)cc4-c4ccc(C(F)(F)F)cc4)nc3)nc21. The van der Waals surface area contributed by atoms with Gasteiger partial charge >= 0.3 is 18.0 Å². The highest BCUT2D eigenvalue weighted by Gasteiger charge is 2.32. The van der Waals surface area contributed by atoms with Gasteiger partial charge in [0.2, 0.25) is 0 Å². The summed E-state index contributed by atoms with van der Waals surface area (Å²) in [6, 6.07) is 13.4. The molecular formula is C33H25F6N7O2. The number of aromatic amines is 1. The second-order valence-corrected chi connectivity index (χ2v) is 11.5. The van der Waals surface area contributed by atoms with Gasteiger partial charge in [-0.3, -0.25) is 13.9 Å². The minimum atomic E-state index is -4.55. The Hall–Kier alpha value is -5.47.